The lowest BCUT2D eigenvalue weighted by Gasteiger charge is -2.16. The summed E-state index contributed by atoms with van der Waals surface area (Å²) in [7, 11) is 0. The molecule has 0 radical (unpaired) electrons. The minimum atomic E-state index is 0.0665. The second-order valence-electron chi connectivity index (χ2n) is 4.53. The molecule has 4 heteroatoms. The van der Waals surface area contributed by atoms with E-state index in [0.717, 1.165) is 19.6 Å². The van der Waals surface area contributed by atoms with E-state index in [1.165, 1.54) is 6.42 Å². The van der Waals surface area contributed by atoms with Crippen molar-refractivity contribution < 1.29 is 4.79 Å². The quantitative estimate of drug-likeness (QED) is 0.745. The smallest absolute Gasteiger partial charge is 0.272 e. The number of likely N-dealkylation sites (tertiary alicyclic amines) is 1. The molecule has 1 aromatic heterocycles. The Balaban J connectivity index is 1.73. The van der Waals surface area contributed by atoms with E-state index in [1.54, 1.807) is 12.3 Å². The van der Waals surface area contributed by atoms with Gasteiger partial charge in [0.2, 0.25) is 0 Å². The van der Waals surface area contributed by atoms with Crippen molar-refractivity contribution in [3.63, 3.8) is 0 Å². The Kier molecular flexibility index (Phi) is 2.36. The second-order valence-corrected chi connectivity index (χ2v) is 4.53. The summed E-state index contributed by atoms with van der Waals surface area (Å²) in [4.78, 5) is 18.1. The van der Waals surface area contributed by atoms with Gasteiger partial charge in [0, 0.05) is 25.3 Å². The van der Waals surface area contributed by atoms with Crippen LogP contribution in [0.2, 0.25) is 0 Å². The molecule has 2 atom stereocenters. The van der Waals surface area contributed by atoms with Gasteiger partial charge in [-0.25, -0.2) is 0 Å². The van der Waals surface area contributed by atoms with E-state index in [4.69, 9.17) is 0 Å². The SMILES string of the molecule is O=C(c1ccccn1)N1C[C@H]2CCN[C@H]2C1. The summed E-state index contributed by atoms with van der Waals surface area (Å²) >= 11 is 0. The molecule has 1 N–H and O–H groups in total. The number of aromatic nitrogens is 1. The van der Waals surface area contributed by atoms with Gasteiger partial charge in [-0.2, -0.15) is 0 Å². The maximum absolute atomic E-state index is 12.1. The Bertz CT molecular complexity index is 381. The van der Waals surface area contributed by atoms with Crippen LogP contribution in [0.4, 0.5) is 0 Å². The van der Waals surface area contributed by atoms with Crippen LogP contribution >= 0.6 is 0 Å². The maximum atomic E-state index is 12.1. The molecule has 4 nitrogen and oxygen atoms in total. The monoisotopic (exact) mass is 217 g/mol. The predicted octanol–water partition coefficient (Wildman–Crippen LogP) is 0.515. The largest absolute Gasteiger partial charge is 0.335 e. The molecule has 0 spiro atoms. The zero-order valence-corrected chi connectivity index (χ0v) is 9.10. The van der Waals surface area contributed by atoms with Gasteiger partial charge >= 0.3 is 0 Å². The molecule has 0 bridgehead atoms. The van der Waals surface area contributed by atoms with Crippen LogP contribution < -0.4 is 5.32 Å². The number of nitrogens with zero attached hydrogens (tertiary/aromatic N) is 2. The Labute approximate surface area is 94.7 Å². The highest BCUT2D eigenvalue weighted by Gasteiger charge is 2.38. The molecule has 1 aromatic rings. The van der Waals surface area contributed by atoms with Gasteiger partial charge in [0.15, 0.2) is 0 Å². The number of hydrogen-bond acceptors (Lipinski definition) is 3. The van der Waals surface area contributed by atoms with Gasteiger partial charge in [-0.15, -0.1) is 0 Å². The third-order valence-corrected chi connectivity index (χ3v) is 3.53. The fraction of sp³-hybridized carbons (Fsp3) is 0.500. The number of amides is 1. The summed E-state index contributed by atoms with van der Waals surface area (Å²) in [6.45, 7) is 2.81. The third kappa shape index (κ3) is 1.59. The van der Waals surface area contributed by atoms with Gasteiger partial charge < -0.3 is 10.2 Å². The molecule has 3 rings (SSSR count). The lowest BCUT2D eigenvalue weighted by atomic mass is 10.1. The lowest BCUT2D eigenvalue weighted by Crippen LogP contribution is -2.34. The third-order valence-electron chi connectivity index (χ3n) is 3.53. The van der Waals surface area contributed by atoms with Crippen LogP contribution in [0.25, 0.3) is 0 Å². The van der Waals surface area contributed by atoms with E-state index in [0.29, 0.717) is 17.7 Å². The maximum Gasteiger partial charge on any atom is 0.272 e. The molecular formula is C12H15N3O. The average Bonchev–Trinajstić information content (AvgIpc) is 2.89. The number of fused-ring (bicyclic) bond motifs is 1. The Morgan fingerprint density at radius 1 is 1.44 bits per heavy atom. The van der Waals surface area contributed by atoms with Crippen molar-refractivity contribution in [1.82, 2.24) is 15.2 Å². The van der Waals surface area contributed by atoms with E-state index in [1.807, 2.05) is 17.0 Å². The van der Waals surface area contributed by atoms with Crippen molar-refractivity contribution in [1.29, 1.82) is 0 Å². The zero-order valence-electron chi connectivity index (χ0n) is 9.10. The molecule has 0 unspecified atom stereocenters. The molecule has 2 saturated heterocycles. The first-order chi connectivity index (χ1) is 7.84. The number of rotatable bonds is 1. The highest BCUT2D eigenvalue weighted by Crippen LogP contribution is 2.25. The second kappa shape index (κ2) is 3.87. The number of pyridine rings is 1. The molecule has 2 fully saturated rings. The van der Waals surface area contributed by atoms with Crippen molar-refractivity contribution in [3.05, 3.63) is 30.1 Å². The van der Waals surface area contributed by atoms with Crippen molar-refractivity contribution >= 4 is 5.91 Å². The predicted molar refractivity (Wildman–Crippen MR) is 60.0 cm³/mol. The molecule has 2 aliphatic rings. The standard InChI is InChI=1S/C12H15N3O/c16-12(10-3-1-2-5-13-10)15-7-9-4-6-14-11(9)8-15/h1-3,5,9,11,14H,4,6-8H2/t9-,11+/m1/s1. The Morgan fingerprint density at radius 2 is 2.38 bits per heavy atom. The number of hydrogen-bond donors (Lipinski definition) is 1. The summed E-state index contributed by atoms with van der Waals surface area (Å²) in [5, 5.41) is 3.44. The average molecular weight is 217 g/mol. The molecule has 1 amide bonds. The molecule has 16 heavy (non-hydrogen) atoms. The molecular weight excluding hydrogens is 202 g/mol. The van der Waals surface area contributed by atoms with Gasteiger partial charge in [-0.1, -0.05) is 6.07 Å². The van der Waals surface area contributed by atoms with Crippen LogP contribution in [0.1, 0.15) is 16.9 Å². The topological polar surface area (TPSA) is 45.2 Å². The highest BCUT2D eigenvalue weighted by atomic mass is 16.2. The van der Waals surface area contributed by atoms with Crippen LogP contribution in [0.3, 0.4) is 0 Å². The van der Waals surface area contributed by atoms with Crippen molar-refractivity contribution in [2.45, 2.75) is 12.5 Å². The molecule has 84 valence electrons. The molecule has 0 aromatic carbocycles. The summed E-state index contributed by atoms with van der Waals surface area (Å²) in [5.41, 5.74) is 0.558. The van der Waals surface area contributed by atoms with Gasteiger partial charge in [0.05, 0.1) is 0 Å². The number of nitrogens with one attached hydrogen (secondary N) is 1. The van der Waals surface area contributed by atoms with Gasteiger partial charge in [0.1, 0.15) is 5.69 Å². The first kappa shape index (κ1) is 9.78. The number of carbonyl (C=O) groups is 1. The van der Waals surface area contributed by atoms with Crippen LogP contribution in [-0.4, -0.2) is 41.5 Å². The minimum Gasteiger partial charge on any atom is -0.335 e. The minimum absolute atomic E-state index is 0.0665. The van der Waals surface area contributed by atoms with Crippen LogP contribution in [0, 0.1) is 5.92 Å². The van der Waals surface area contributed by atoms with Crippen LogP contribution in [0.15, 0.2) is 24.4 Å². The lowest BCUT2D eigenvalue weighted by molar-refractivity contribution is 0.0777. The fourth-order valence-electron chi connectivity index (χ4n) is 2.67. The van der Waals surface area contributed by atoms with Crippen molar-refractivity contribution in [3.8, 4) is 0 Å². The summed E-state index contributed by atoms with van der Waals surface area (Å²) in [6, 6.07) is 5.98. The Hall–Kier alpha value is -1.42. The van der Waals surface area contributed by atoms with E-state index >= 15 is 0 Å². The zero-order chi connectivity index (χ0) is 11.0. The van der Waals surface area contributed by atoms with E-state index in [-0.39, 0.29) is 5.91 Å². The van der Waals surface area contributed by atoms with Crippen LogP contribution in [0.5, 0.6) is 0 Å². The molecule has 3 heterocycles. The van der Waals surface area contributed by atoms with E-state index < -0.39 is 0 Å². The first-order valence-corrected chi connectivity index (χ1v) is 5.78. The first-order valence-electron chi connectivity index (χ1n) is 5.78. The van der Waals surface area contributed by atoms with E-state index in [2.05, 4.69) is 10.3 Å². The van der Waals surface area contributed by atoms with Crippen LogP contribution in [-0.2, 0) is 0 Å². The van der Waals surface area contributed by atoms with Crippen molar-refractivity contribution in [2.75, 3.05) is 19.6 Å². The summed E-state index contributed by atoms with van der Waals surface area (Å²) in [6.07, 6.45) is 2.86. The summed E-state index contributed by atoms with van der Waals surface area (Å²) < 4.78 is 0. The molecule has 2 aliphatic heterocycles. The molecule has 0 saturated carbocycles. The van der Waals surface area contributed by atoms with Crippen molar-refractivity contribution in [2.24, 2.45) is 5.92 Å². The molecule has 0 aliphatic carbocycles. The van der Waals surface area contributed by atoms with E-state index in [9.17, 15) is 4.79 Å². The van der Waals surface area contributed by atoms with Gasteiger partial charge in [-0.05, 0) is 31.0 Å². The normalized spacial score (nSPS) is 28.1. The highest BCUT2D eigenvalue weighted by molar-refractivity contribution is 5.92. The van der Waals surface area contributed by atoms with Gasteiger partial charge in [0.25, 0.3) is 5.91 Å². The summed E-state index contributed by atoms with van der Waals surface area (Å²) in [5.74, 6) is 0.712. The number of carbonyl (C=O) groups excluding carboxylic acids is 1. The Morgan fingerprint density at radius 3 is 3.12 bits per heavy atom. The fourth-order valence-corrected chi connectivity index (χ4v) is 2.67. The van der Waals surface area contributed by atoms with Gasteiger partial charge in [-0.3, -0.25) is 9.78 Å².